The van der Waals surface area contributed by atoms with Gasteiger partial charge in [-0.1, -0.05) is 35.9 Å². The minimum Gasteiger partial charge on any atom is -0.497 e. The summed E-state index contributed by atoms with van der Waals surface area (Å²) in [5.41, 5.74) is 3.96. The maximum absolute atomic E-state index is 12.5. The number of aryl methyl sites for hydroxylation is 3. The van der Waals surface area contributed by atoms with Crippen LogP contribution in [-0.4, -0.2) is 23.2 Å². The zero-order valence-corrected chi connectivity index (χ0v) is 15.4. The molecule has 6 heteroatoms. The molecule has 1 heterocycles. The quantitative estimate of drug-likeness (QED) is 0.676. The third-order valence-electron chi connectivity index (χ3n) is 4.19. The highest BCUT2D eigenvalue weighted by molar-refractivity contribution is 6.34. The van der Waals surface area contributed by atoms with Crippen LogP contribution in [0.2, 0.25) is 5.02 Å². The number of nitrogens with zero attached hydrogens (tertiary/aromatic N) is 1. The second-order valence-corrected chi connectivity index (χ2v) is 6.36. The number of halogens is 1. The molecule has 134 valence electrons. The number of amides is 1. The van der Waals surface area contributed by atoms with Crippen molar-refractivity contribution in [3.05, 3.63) is 76.1 Å². The maximum atomic E-state index is 12.5. The van der Waals surface area contributed by atoms with E-state index in [1.807, 2.05) is 31.2 Å². The molecule has 2 N–H and O–H groups in total. The first kappa shape index (κ1) is 18.0. The van der Waals surface area contributed by atoms with E-state index in [0.29, 0.717) is 22.7 Å². The second-order valence-electron chi connectivity index (χ2n) is 5.95. The monoisotopic (exact) mass is 369 g/mol. The van der Waals surface area contributed by atoms with Gasteiger partial charge in [0.05, 0.1) is 34.8 Å². The van der Waals surface area contributed by atoms with Gasteiger partial charge in [0.15, 0.2) is 0 Å². The van der Waals surface area contributed by atoms with Gasteiger partial charge in [-0.05, 0) is 49.6 Å². The van der Waals surface area contributed by atoms with Gasteiger partial charge >= 0.3 is 0 Å². The van der Waals surface area contributed by atoms with E-state index in [1.54, 1.807) is 31.4 Å². The van der Waals surface area contributed by atoms with Gasteiger partial charge in [-0.2, -0.15) is 5.10 Å². The highest BCUT2D eigenvalue weighted by atomic mass is 35.5. The molecule has 1 amide bonds. The Morgan fingerprint density at radius 2 is 1.88 bits per heavy atom. The Labute approximate surface area is 157 Å². The number of carbonyl (C=O) groups excluding carboxylic acids is 1. The summed E-state index contributed by atoms with van der Waals surface area (Å²) in [5, 5.41) is 10.6. The lowest BCUT2D eigenvalue weighted by Crippen LogP contribution is -2.14. The van der Waals surface area contributed by atoms with Crippen LogP contribution < -0.4 is 10.1 Å². The Balaban J connectivity index is 1.72. The summed E-state index contributed by atoms with van der Waals surface area (Å²) >= 11 is 6.11. The first-order valence-corrected chi connectivity index (χ1v) is 8.69. The Bertz CT molecular complexity index is 904. The number of rotatable bonds is 6. The molecule has 0 aliphatic heterocycles. The Kier molecular flexibility index (Phi) is 5.58. The molecule has 1 aromatic heterocycles. The van der Waals surface area contributed by atoms with Gasteiger partial charge in [-0.3, -0.25) is 9.89 Å². The lowest BCUT2D eigenvalue weighted by Gasteiger charge is -2.08. The van der Waals surface area contributed by atoms with Crippen LogP contribution in [0, 0.1) is 6.92 Å². The predicted molar refractivity (Wildman–Crippen MR) is 103 cm³/mol. The fraction of sp³-hybridized carbons (Fsp3) is 0.200. The number of H-pyrrole nitrogens is 1. The number of anilines is 1. The topological polar surface area (TPSA) is 67.0 Å². The van der Waals surface area contributed by atoms with E-state index in [4.69, 9.17) is 16.3 Å². The average molecular weight is 370 g/mol. The van der Waals surface area contributed by atoms with Crippen molar-refractivity contribution in [3.8, 4) is 5.75 Å². The molecular formula is C20H20ClN3O2. The van der Waals surface area contributed by atoms with E-state index in [0.717, 1.165) is 23.6 Å². The number of hydrogen-bond acceptors (Lipinski definition) is 3. The number of hydrogen-bond donors (Lipinski definition) is 2. The van der Waals surface area contributed by atoms with Crippen LogP contribution in [0.3, 0.4) is 0 Å². The standard InChI is InChI=1S/C20H20ClN3O2/c1-13-19(22-20(25)16-5-3-4-6-17(16)21)18(24-23-13)12-9-14-7-10-15(26-2)11-8-14/h3-8,10-11H,9,12H2,1-2H3,(H,22,25)(H,23,24). The van der Waals surface area contributed by atoms with E-state index < -0.39 is 0 Å². The van der Waals surface area contributed by atoms with Crippen molar-refractivity contribution in [2.75, 3.05) is 12.4 Å². The number of carbonyl (C=O) groups is 1. The van der Waals surface area contributed by atoms with Crippen LogP contribution in [-0.2, 0) is 12.8 Å². The Hall–Kier alpha value is -2.79. The van der Waals surface area contributed by atoms with E-state index in [2.05, 4.69) is 15.5 Å². The molecule has 0 atom stereocenters. The molecule has 2 aromatic carbocycles. The molecule has 0 fully saturated rings. The van der Waals surface area contributed by atoms with Gasteiger partial charge in [0.1, 0.15) is 5.75 Å². The molecule has 0 spiro atoms. The van der Waals surface area contributed by atoms with Crippen molar-refractivity contribution in [3.63, 3.8) is 0 Å². The van der Waals surface area contributed by atoms with Crippen LogP contribution in [0.1, 0.15) is 27.3 Å². The lowest BCUT2D eigenvalue weighted by atomic mass is 10.1. The molecule has 3 aromatic rings. The SMILES string of the molecule is COc1ccc(CCc2n[nH]c(C)c2NC(=O)c2ccccc2Cl)cc1. The van der Waals surface area contributed by atoms with Gasteiger partial charge in [0, 0.05) is 0 Å². The summed E-state index contributed by atoms with van der Waals surface area (Å²) in [6.07, 6.45) is 1.51. The first-order valence-electron chi connectivity index (χ1n) is 8.31. The summed E-state index contributed by atoms with van der Waals surface area (Å²) in [4.78, 5) is 12.5. The molecule has 5 nitrogen and oxygen atoms in total. The van der Waals surface area contributed by atoms with Crippen molar-refractivity contribution in [1.82, 2.24) is 10.2 Å². The van der Waals surface area contributed by atoms with Crippen molar-refractivity contribution in [2.24, 2.45) is 0 Å². The van der Waals surface area contributed by atoms with Crippen molar-refractivity contribution >= 4 is 23.2 Å². The second kappa shape index (κ2) is 8.06. The van der Waals surface area contributed by atoms with Crippen molar-refractivity contribution in [1.29, 1.82) is 0 Å². The van der Waals surface area contributed by atoms with E-state index in [1.165, 1.54) is 5.56 Å². The minimum atomic E-state index is -0.245. The predicted octanol–water partition coefficient (Wildman–Crippen LogP) is 4.42. The molecule has 0 radical (unpaired) electrons. The molecule has 0 bridgehead atoms. The molecule has 0 unspecified atom stereocenters. The number of benzene rings is 2. The Morgan fingerprint density at radius 3 is 2.58 bits per heavy atom. The first-order chi connectivity index (χ1) is 12.6. The molecule has 0 saturated carbocycles. The van der Waals surface area contributed by atoms with E-state index in [-0.39, 0.29) is 5.91 Å². The molecule has 3 rings (SSSR count). The zero-order chi connectivity index (χ0) is 18.5. The van der Waals surface area contributed by atoms with Gasteiger partial charge in [-0.25, -0.2) is 0 Å². The van der Waals surface area contributed by atoms with Crippen LogP contribution in [0.25, 0.3) is 0 Å². The van der Waals surface area contributed by atoms with Crippen LogP contribution in [0.4, 0.5) is 5.69 Å². The van der Waals surface area contributed by atoms with E-state index in [9.17, 15) is 4.79 Å². The molecular weight excluding hydrogens is 350 g/mol. The van der Waals surface area contributed by atoms with E-state index >= 15 is 0 Å². The van der Waals surface area contributed by atoms with Crippen LogP contribution >= 0.6 is 11.6 Å². The molecule has 0 aliphatic carbocycles. The summed E-state index contributed by atoms with van der Waals surface area (Å²) in [6.45, 7) is 1.88. The third-order valence-corrected chi connectivity index (χ3v) is 4.52. The average Bonchev–Trinajstić information content (AvgIpc) is 3.00. The third kappa shape index (κ3) is 4.06. The summed E-state index contributed by atoms with van der Waals surface area (Å²) in [6, 6.07) is 14.9. The number of aromatic amines is 1. The zero-order valence-electron chi connectivity index (χ0n) is 14.7. The lowest BCUT2D eigenvalue weighted by molar-refractivity contribution is 0.102. The minimum absolute atomic E-state index is 0.245. The molecule has 0 aliphatic rings. The number of ether oxygens (including phenoxy) is 1. The van der Waals surface area contributed by atoms with Crippen molar-refractivity contribution in [2.45, 2.75) is 19.8 Å². The Morgan fingerprint density at radius 1 is 1.15 bits per heavy atom. The fourth-order valence-corrected chi connectivity index (χ4v) is 2.93. The van der Waals surface area contributed by atoms with Gasteiger partial charge in [0.25, 0.3) is 5.91 Å². The number of aromatic nitrogens is 2. The molecule has 0 saturated heterocycles. The summed E-state index contributed by atoms with van der Waals surface area (Å²) in [7, 11) is 1.65. The fourth-order valence-electron chi connectivity index (χ4n) is 2.71. The maximum Gasteiger partial charge on any atom is 0.257 e. The van der Waals surface area contributed by atoms with Gasteiger partial charge in [-0.15, -0.1) is 0 Å². The molecule has 26 heavy (non-hydrogen) atoms. The van der Waals surface area contributed by atoms with Gasteiger partial charge < -0.3 is 10.1 Å². The number of methoxy groups -OCH3 is 1. The summed E-state index contributed by atoms with van der Waals surface area (Å²) in [5.74, 6) is 0.586. The normalized spacial score (nSPS) is 10.6. The largest absolute Gasteiger partial charge is 0.497 e. The van der Waals surface area contributed by atoms with Crippen LogP contribution in [0.15, 0.2) is 48.5 Å². The highest BCUT2D eigenvalue weighted by Crippen LogP contribution is 2.23. The highest BCUT2D eigenvalue weighted by Gasteiger charge is 2.16. The number of nitrogens with one attached hydrogen (secondary N) is 2. The van der Waals surface area contributed by atoms with Crippen LogP contribution in [0.5, 0.6) is 5.75 Å². The van der Waals surface area contributed by atoms with Crippen molar-refractivity contribution < 1.29 is 9.53 Å². The van der Waals surface area contributed by atoms with Gasteiger partial charge in [0.2, 0.25) is 0 Å². The summed E-state index contributed by atoms with van der Waals surface area (Å²) < 4.78 is 5.17. The smallest absolute Gasteiger partial charge is 0.257 e.